The zero-order chi connectivity index (χ0) is 13.8. The molecule has 1 saturated heterocycles. The van der Waals surface area contributed by atoms with Gasteiger partial charge in [-0.3, -0.25) is 4.79 Å². The Bertz CT molecular complexity index is 461. The summed E-state index contributed by atoms with van der Waals surface area (Å²) in [5.74, 6) is -0.308. The van der Waals surface area contributed by atoms with Crippen LogP contribution in [0.5, 0.6) is 0 Å². The summed E-state index contributed by atoms with van der Waals surface area (Å²) in [4.78, 5) is 14.6. The van der Waals surface area contributed by atoms with Gasteiger partial charge in [-0.25, -0.2) is 4.39 Å². The first kappa shape index (κ1) is 14.5. The van der Waals surface area contributed by atoms with Gasteiger partial charge in [0.25, 0.3) is 5.91 Å². The van der Waals surface area contributed by atoms with Crippen LogP contribution >= 0.6 is 15.9 Å². The zero-order valence-electron chi connectivity index (χ0n) is 11.2. The maximum Gasteiger partial charge on any atom is 0.255 e. The van der Waals surface area contributed by atoms with Crippen LogP contribution in [0.3, 0.4) is 0 Å². The fourth-order valence-electron chi connectivity index (χ4n) is 2.72. The smallest absolute Gasteiger partial charge is 0.255 e. The Morgan fingerprint density at radius 1 is 1.47 bits per heavy atom. The van der Waals surface area contributed by atoms with E-state index in [0.717, 1.165) is 32.2 Å². The van der Waals surface area contributed by atoms with Gasteiger partial charge in [0, 0.05) is 17.1 Å². The Morgan fingerprint density at radius 3 is 2.95 bits per heavy atom. The van der Waals surface area contributed by atoms with Crippen LogP contribution in [-0.2, 0) is 0 Å². The van der Waals surface area contributed by atoms with Crippen molar-refractivity contribution in [1.29, 1.82) is 0 Å². The molecule has 0 radical (unpaired) electrons. The number of likely N-dealkylation sites (tertiary alicyclic amines) is 1. The van der Waals surface area contributed by atoms with E-state index in [2.05, 4.69) is 22.9 Å². The molecule has 2 rings (SSSR count). The number of nitrogens with zero attached hydrogens (tertiary/aromatic N) is 1. The third-order valence-corrected chi connectivity index (χ3v) is 4.33. The molecule has 0 N–H and O–H groups in total. The predicted octanol–water partition coefficient (Wildman–Crippen LogP) is 4.38. The molecular weight excluding hydrogens is 309 g/mol. The van der Waals surface area contributed by atoms with Crippen LogP contribution in [-0.4, -0.2) is 23.4 Å². The van der Waals surface area contributed by atoms with Gasteiger partial charge in [-0.15, -0.1) is 0 Å². The van der Waals surface area contributed by atoms with Gasteiger partial charge in [0.05, 0.1) is 5.56 Å². The fraction of sp³-hybridized carbons (Fsp3) is 0.533. The van der Waals surface area contributed by atoms with Crippen LogP contribution in [0.15, 0.2) is 22.7 Å². The lowest BCUT2D eigenvalue weighted by Gasteiger charge is -2.36. The van der Waals surface area contributed by atoms with Crippen LogP contribution in [0.25, 0.3) is 0 Å². The van der Waals surface area contributed by atoms with Crippen LogP contribution in [0.2, 0.25) is 0 Å². The lowest BCUT2D eigenvalue weighted by molar-refractivity contribution is 0.0599. The fourth-order valence-corrected chi connectivity index (χ4v) is 3.24. The number of amides is 1. The highest BCUT2D eigenvalue weighted by Crippen LogP contribution is 2.26. The summed E-state index contributed by atoms with van der Waals surface area (Å²) < 4.78 is 13.6. The number of carbonyl (C=O) groups is 1. The summed E-state index contributed by atoms with van der Waals surface area (Å²) in [5.41, 5.74) is 0.560. The summed E-state index contributed by atoms with van der Waals surface area (Å²) in [6.45, 7) is 2.96. The molecule has 0 aliphatic carbocycles. The molecule has 1 aliphatic heterocycles. The molecule has 0 aromatic heterocycles. The van der Waals surface area contributed by atoms with Gasteiger partial charge in [0.1, 0.15) is 5.82 Å². The molecule has 1 aliphatic rings. The number of carbonyl (C=O) groups excluding carboxylic acids is 1. The van der Waals surface area contributed by atoms with Crippen molar-refractivity contribution in [3.05, 3.63) is 34.1 Å². The molecule has 1 aromatic rings. The van der Waals surface area contributed by atoms with Gasteiger partial charge in [0.2, 0.25) is 0 Å². The SMILES string of the molecule is CCCC1CCCCN1C(=O)c1ccc(F)cc1Br. The van der Waals surface area contributed by atoms with Crippen molar-refractivity contribution >= 4 is 21.8 Å². The quantitative estimate of drug-likeness (QED) is 0.806. The van der Waals surface area contributed by atoms with Gasteiger partial charge in [-0.2, -0.15) is 0 Å². The normalized spacial score (nSPS) is 19.5. The predicted molar refractivity (Wildman–Crippen MR) is 77.7 cm³/mol. The molecule has 1 atom stereocenters. The Balaban J connectivity index is 2.21. The van der Waals surface area contributed by atoms with Crippen molar-refractivity contribution in [1.82, 2.24) is 4.90 Å². The average Bonchev–Trinajstić information content (AvgIpc) is 2.39. The second kappa shape index (κ2) is 6.51. The van der Waals surface area contributed by atoms with Crippen LogP contribution in [0.1, 0.15) is 49.4 Å². The molecule has 0 saturated carbocycles. The molecule has 1 heterocycles. The first-order valence-corrected chi connectivity index (χ1v) is 7.68. The van der Waals surface area contributed by atoms with E-state index < -0.39 is 0 Å². The van der Waals surface area contributed by atoms with Crippen molar-refractivity contribution in [2.75, 3.05) is 6.54 Å². The maximum absolute atomic E-state index is 13.1. The Labute approximate surface area is 122 Å². The molecule has 4 heteroatoms. The summed E-state index contributed by atoms with van der Waals surface area (Å²) in [7, 11) is 0. The second-order valence-corrected chi connectivity index (χ2v) is 5.92. The highest BCUT2D eigenvalue weighted by atomic mass is 79.9. The highest BCUT2D eigenvalue weighted by molar-refractivity contribution is 9.10. The largest absolute Gasteiger partial charge is 0.336 e. The molecule has 0 spiro atoms. The standard InChI is InChI=1S/C15H19BrFNO/c1-2-5-12-6-3-4-9-18(12)15(19)13-8-7-11(17)10-14(13)16/h7-8,10,12H,2-6,9H2,1H3. The first-order chi connectivity index (χ1) is 9.13. The topological polar surface area (TPSA) is 20.3 Å². The molecular formula is C15H19BrFNO. The van der Waals surface area contributed by atoms with Crippen molar-refractivity contribution in [3.8, 4) is 0 Å². The minimum absolute atomic E-state index is 0.0185. The molecule has 2 nitrogen and oxygen atoms in total. The summed E-state index contributed by atoms with van der Waals surface area (Å²) >= 11 is 3.29. The third-order valence-electron chi connectivity index (χ3n) is 3.67. The first-order valence-electron chi connectivity index (χ1n) is 6.89. The van der Waals surface area contributed by atoms with E-state index in [1.165, 1.54) is 18.6 Å². The van der Waals surface area contributed by atoms with E-state index in [0.29, 0.717) is 16.1 Å². The number of halogens is 2. The third kappa shape index (κ3) is 3.35. The Kier molecular flexibility index (Phi) is 4.97. The molecule has 0 bridgehead atoms. The van der Waals surface area contributed by atoms with Crippen molar-refractivity contribution in [2.45, 2.75) is 45.1 Å². The number of hydrogen-bond acceptors (Lipinski definition) is 1. The van der Waals surface area contributed by atoms with E-state index in [-0.39, 0.29) is 11.7 Å². The molecule has 104 valence electrons. The molecule has 1 aromatic carbocycles. The molecule has 1 fully saturated rings. The van der Waals surface area contributed by atoms with Gasteiger partial charge in [0.15, 0.2) is 0 Å². The van der Waals surface area contributed by atoms with Crippen molar-refractivity contribution in [2.24, 2.45) is 0 Å². The van der Waals surface area contributed by atoms with Crippen LogP contribution < -0.4 is 0 Å². The number of hydrogen-bond donors (Lipinski definition) is 0. The minimum atomic E-state index is -0.327. The van der Waals surface area contributed by atoms with Crippen molar-refractivity contribution < 1.29 is 9.18 Å². The monoisotopic (exact) mass is 327 g/mol. The van der Waals surface area contributed by atoms with Gasteiger partial charge in [-0.05, 0) is 59.8 Å². The van der Waals surface area contributed by atoms with Crippen molar-refractivity contribution in [3.63, 3.8) is 0 Å². The maximum atomic E-state index is 13.1. The molecule has 1 amide bonds. The average molecular weight is 328 g/mol. The van der Waals surface area contributed by atoms with Gasteiger partial charge < -0.3 is 4.90 Å². The Morgan fingerprint density at radius 2 is 2.26 bits per heavy atom. The molecule has 19 heavy (non-hydrogen) atoms. The summed E-state index contributed by atoms with van der Waals surface area (Å²) in [6, 6.07) is 4.60. The van der Waals surface area contributed by atoms with Crippen LogP contribution in [0, 0.1) is 5.82 Å². The minimum Gasteiger partial charge on any atom is -0.336 e. The van der Waals surface area contributed by atoms with Crippen LogP contribution in [0.4, 0.5) is 4.39 Å². The number of piperidine rings is 1. The van der Waals surface area contributed by atoms with E-state index in [9.17, 15) is 9.18 Å². The zero-order valence-corrected chi connectivity index (χ0v) is 12.7. The van der Waals surface area contributed by atoms with E-state index in [4.69, 9.17) is 0 Å². The van der Waals surface area contributed by atoms with E-state index in [1.807, 2.05) is 4.90 Å². The van der Waals surface area contributed by atoms with Gasteiger partial charge >= 0.3 is 0 Å². The van der Waals surface area contributed by atoms with E-state index >= 15 is 0 Å². The summed E-state index contributed by atoms with van der Waals surface area (Å²) in [5, 5.41) is 0. The lowest BCUT2D eigenvalue weighted by Crippen LogP contribution is -2.43. The van der Waals surface area contributed by atoms with E-state index in [1.54, 1.807) is 6.07 Å². The molecule has 1 unspecified atom stereocenters. The van der Waals surface area contributed by atoms with Gasteiger partial charge in [-0.1, -0.05) is 13.3 Å². The number of rotatable bonds is 3. The highest BCUT2D eigenvalue weighted by Gasteiger charge is 2.27. The summed E-state index contributed by atoms with van der Waals surface area (Å²) in [6.07, 6.45) is 5.46. The Hall–Kier alpha value is -0.900. The second-order valence-electron chi connectivity index (χ2n) is 5.06. The lowest BCUT2D eigenvalue weighted by atomic mass is 9.97. The number of benzene rings is 1.